The third-order valence-corrected chi connectivity index (χ3v) is 4.04. The fraction of sp³-hybridized carbons (Fsp3) is 0.286. The number of para-hydroxylation sites is 1. The Morgan fingerprint density at radius 2 is 2.05 bits per heavy atom. The molecular weight excluding hydrogens is 276 g/mol. The molecule has 1 aromatic carbocycles. The number of likely N-dealkylation sites (N-methyl/N-ethyl adjacent to an activating group) is 1. The van der Waals surface area contributed by atoms with Crippen LogP contribution in [-0.4, -0.2) is 35.1 Å². The van der Waals surface area contributed by atoms with Gasteiger partial charge in [-0.25, -0.2) is 0 Å². The van der Waals surface area contributed by atoms with E-state index in [0.717, 1.165) is 16.3 Å². The number of nitro benzene ring substituents is 1. The molecule has 0 spiro atoms. The van der Waals surface area contributed by atoms with Gasteiger partial charge in [-0.05, 0) is 25.2 Å². The molecule has 2 aromatic rings. The molecule has 5 nitrogen and oxygen atoms in total. The van der Waals surface area contributed by atoms with E-state index in [-0.39, 0.29) is 17.2 Å². The minimum Gasteiger partial charge on any atom is -0.395 e. The lowest BCUT2D eigenvalue weighted by molar-refractivity contribution is -0.384. The fourth-order valence-electron chi connectivity index (χ4n) is 1.96. The van der Waals surface area contributed by atoms with Gasteiger partial charge in [0.25, 0.3) is 5.69 Å². The van der Waals surface area contributed by atoms with Crippen LogP contribution in [0, 0.1) is 10.1 Å². The second-order valence-corrected chi connectivity index (χ2v) is 5.67. The molecular formula is C14H16N2O3S. The summed E-state index contributed by atoms with van der Waals surface area (Å²) < 4.78 is 0. The molecule has 2 rings (SSSR count). The molecule has 0 radical (unpaired) electrons. The van der Waals surface area contributed by atoms with E-state index in [1.165, 1.54) is 6.07 Å². The quantitative estimate of drug-likeness (QED) is 0.656. The summed E-state index contributed by atoms with van der Waals surface area (Å²) >= 11 is 1.54. The average molecular weight is 292 g/mol. The van der Waals surface area contributed by atoms with Crippen molar-refractivity contribution in [2.24, 2.45) is 0 Å². The number of aliphatic hydroxyl groups is 1. The molecule has 0 saturated carbocycles. The van der Waals surface area contributed by atoms with Gasteiger partial charge in [0.2, 0.25) is 0 Å². The number of nitro groups is 1. The van der Waals surface area contributed by atoms with Crippen molar-refractivity contribution >= 4 is 17.0 Å². The molecule has 1 heterocycles. The van der Waals surface area contributed by atoms with E-state index in [2.05, 4.69) is 0 Å². The largest absolute Gasteiger partial charge is 0.395 e. The predicted octanol–water partition coefficient (Wildman–Crippen LogP) is 2.75. The first kappa shape index (κ1) is 14.6. The van der Waals surface area contributed by atoms with Gasteiger partial charge in [-0.1, -0.05) is 12.1 Å². The van der Waals surface area contributed by atoms with Gasteiger partial charge in [0.05, 0.1) is 17.1 Å². The number of thiophene rings is 1. The van der Waals surface area contributed by atoms with E-state index in [4.69, 9.17) is 5.11 Å². The Kier molecular flexibility index (Phi) is 4.84. The van der Waals surface area contributed by atoms with E-state index in [9.17, 15) is 10.1 Å². The first-order chi connectivity index (χ1) is 9.61. The first-order valence-electron chi connectivity index (χ1n) is 6.23. The number of hydrogen-bond donors (Lipinski definition) is 1. The monoisotopic (exact) mass is 292 g/mol. The standard InChI is InChI=1S/C14H16N2O3S/c1-15(8-9-17)10-11-6-7-14(20-11)12-4-2-3-5-13(12)16(18)19/h2-7,17H,8-10H2,1H3. The average Bonchev–Trinajstić information content (AvgIpc) is 2.87. The van der Waals surface area contributed by atoms with Crippen LogP contribution in [0.1, 0.15) is 4.88 Å². The Labute approximate surface area is 121 Å². The van der Waals surface area contributed by atoms with Gasteiger partial charge in [-0.2, -0.15) is 0 Å². The third-order valence-electron chi connectivity index (χ3n) is 2.94. The van der Waals surface area contributed by atoms with Crippen LogP contribution in [0.3, 0.4) is 0 Å². The first-order valence-corrected chi connectivity index (χ1v) is 7.05. The second-order valence-electron chi connectivity index (χ2n) is 4.50. The summed E-state index contributed by atoms with van der Waals surface area (Å²) in [6.45, 7) is 1.46. The normalized spacial score (nSPS) is 10.9. The second kappa shape index (κ2) is 6.60. The Bertz CT molecular complexity index is 598. The molecule has 0 atom stereocenters. The van der Waals surface area contributed by atoms with Crippen LogP contribution in [0.5, 0.6) is 0 Å². The van der Waals surface area contributed by atoms with Gasteiger partial charge in [-0.3, -0.25) is 15.0 Å². The summed E-state index contributed by atoms with van der Waals surface area (Å²) in [5.41, 5.74) is 0.781. The van der Waals surface area contributed by atoms with Gasteiger partial charge in [0, 0.05) is 28.9 Å². The van der Waals surface area contributed by atoms with Crippen LogP contribution >= 0.6 is 11.3 Å². The van der Waals surface area contributed by atoms with E-state index in [1.54, 1.807) is 29.5 Å². The Morgan fingerprint density at radius 1 is 1.30 bits per heavy atom. The molecule has 0 amide bonds. The molecule has 0 aliphatic carbocycles. The van der Waals surface area contributed by atoms with Crippen LogP contribution in [-0.2, 0) is 6.54 Å². The molecule has 0 aliphatic heterocycles. The summed E-state index contributed by atoms with van der Waals surface area (Å²) in [4.78, 5) is 14.7. The van der Waals surface area contributed by atoms with Crippen LogP contribution in [0.15, 0.2) is 36.4 Å². The smallest absolute Gasteiger partial charge is 0.278 e. The van der Waals surface area contributed by atoms with Crippen LogP contribution in [0.4, 0.5) is 5.69 Å². The SMILES string of the molecule is CN(CCO)Cc1ccc(-c2ccccc2[N+](=O)[O-])s1. The zero-order valence-corrected chi connectivity index (χ0v) is 12.0. The maximum atomic E-state index is 11.0. The predicted molar refractivity (Wildman–Crippen MR) is 79.8 cm³/mol. The van der Waals surface area contributed by atoms with Gasteiger partial charge >= 0.3 is 0 Å². The molecule has 1 aromatic heterocycles. The summed E-state index contributed by atoms with van der Waals surface area (Å²) in [5.74, 6) is 0. The molecule has 106 valence electrons. The summed E-state index contributed by atoms with van der Waals surface area (Å²) in [6.07, 6.45) is 0. The molecule has 0 saturated heterocycles. The Morgan fingerprint density at radius 3 is 2.75 bits per heavy atom. The topological polar surface area (TPSA) is 66.6 Å². The van der Waals surface area contributed by atoms with Crippen molar-refractivity contribution in [1.29, 1.82) is 0 Å². The molecule has 0 fully saturated rings. The van der Waals surface area contributed by atoms with E-state index >= 15 is 0 Å². The lowest BCUT2D eigenvalue weighted by atomic mass is 10.1. The third kappa shape index (κ3) is 3.41. The van der Waals surface area contributed by atoms with E-state index in [0.29, 0.717) is 12.1 Å². The fourth-order valence-corrected chi connectivity index (χ4v) is 3.09. The van der Waals surface area contributed by atoms with Crippen molar-refractivity contribution in [2.75, 3.05) is 20.2 Å². The van der Waals surface area contributed by atoms with Crippen molar-refractivity contribution in [2.45, 2.75) is 6.54 Å². The lowest BCUT2D eigenvalue weighted by Gasteiger charge is -2.13. The molecule has 0 bridgehead atoms. The minimum atomic E-state index is -0.355. The van der Waals surface area contributed by atoms with Crippen LogP contribution < -0.4 is 0 Å². The van der Waals surface area contributed by atoms with Gasteiger partial charge in [0.15, 0.2) is 0 Å². The van der Waals surface area contributed by atoms with E-state index < -0.39 is 0 Å². The number of nitrogens with zero attached hydrogens (tertiary/aromatic N) is 2. The highest BCUT2D eigenvalue weighted by molar-refractivity contribution is 7.15. The Hall–Kier alpha value is -1.76. The molecule has 0 unspecified atom stereocenters. The highest BCUT2D eigenvalue weighted by Crippen LogP contribution is 2.34. The van der Waals surface area contributed by atoms with Gasteiger partial charge < -0.3 is 5.11 Å². The maximum absolute atomic E-state index is 11.0. The molecule has 20 heavy (non-hydrogen) atoms. The molecule has 0 aliphatic rings. The highest BCUT2D eigenvalue weighted by Gasteiger charge is 2.15. The van der Waals surface area contributed by atoms with Gasteiger partial charge in [0.1, 0.15) is 0 Å². The van der Waals surface area contributed by atoms with Crippen LogP contribution in [0.25, 0.3) is 10.4 Å². The maximum Gasteiger partial charge on any atom is 0.278 e. The number of hydrogen-bond acceptors (Lipinski definition) is 5. The van der Waals surface area contributed by atoms with E-state index in [1.807, 2.05) is 24.1 Å². The molecule has 6 heteroatoms. The van der Waals surface area contributed by atoms with Gasteiger partial charge in [-0.15, -0.1) is 11.3 Å². The van der Waals surface area contributed by atoms with Crippen LogP contribution in [0.2, 0.25) is 0 Å². The van der Waals surface area contributed by atoms with Crippen molar-refractivity contribution in [1.82, 2.24) is 4.90 Å². The summed E-state index contributed by atoms with van der Waals surface area (Å²) in [7, 11) is 1.93. The number of aliphatic hydroxyl groups excluding tert-OH is 1. The zero-order chi connectivity index (χ0) is 14.5. The number of benzene rings is 1. The zero-order valence-electron chi connectivity index (χ0n) is 11.2. The summed E-state index contributed by atoms with van der Waals surface area (Å²) in [6, 6.07) is 10.7. The Balaban J connectivity index is 2.23. The molecule has 1 N–H and O–H groups in total. The highest BCUT2D eigenvalue weighted by atomic mass is 32.1. The number of rotatable bonds is 6. The minimum absolute atomic E-state index is 0.124. The van der Waals surface area contributed by atoms with Crippen molar-refractivity contribution in [3.63, 3.8) is 0 Å². The summed E-state index contributed by atoms with van der Waals surface area (Å²) in [5, 5.41) is 19.9. The van der Waals surface area contributed by atoms with Crippen molar-refractivity contribution in [3.8, 4) is 10.4 Å². The van der Waals surface area contributed by atoms with Crippen molar-refractivity contribution < 1.29 is 10.0 Å². The van der Waals surface area contributed by atoms with Crippen molar-refractivity contribution in [3.05, 3.63) is 51.4 Å². The lowest BCUT2D eigenvalue weighted by Crippen LogP contribution is -2.20.